The van der Waals surface area contributed by atoms with Crippen LogP contribution in [-0.2, 0) is 14.1 Å². The highest BCUT2D eigenvalue weighted by atomic mass is 15.3. The second kappa shape index (κ2) is 2.44. The molecule has 2 aromatic heterocycles. The highest BCUT2D eigenvalue weighted by Crippen LogP contribution is 2.12. The molecule has 0 fully saturated rings. The molecule has 0 N–H and O–H groups in total. The van der Waals surface area contributed by atoms with Gasteiger partial charge in [-0.25, -0.2) is 0 Å². The summed E-state index contributed by atoms with van der Waals surface area (Å²) < 4.78 is 3.60. The Hall–Kier alpha value is -1.65. The maximum absolute atomic E-state index is 4.05. The smallest absolute Gasteiger partial charge is 0.166 e. The summed E-state index contributed by atoms with van der Waals surface area (Å²) in [5.41, 5.74) is 0.984. The Bertz CT molecular complexity index is 386. The van der Waals surface area contributed by atoms with Gasteiger partial charge in [0, 0.05) is 20.3 Å². The van der Waals surface area contributed by atoms with Gasteiger partial charge >= 0.3 is 0 Å². The Kier molecular flexibility index (Phi) is 1.43. The first kappa shape index (κ1) is 7.02. The monoisotopic (exact) mass is 163 g/mol. The molecule has 0 aliphatic carbocycles. The van der Waals surface area contributed by atoms with E-state index >= 15 is 0 Å². The normalized spacial score (nSPS) is 10.5. The first-order valence-corrected chi connectivity index (χ1v) is 3.60. The fraction of sp³-hybridized carbons (Fsp3) is 0.286. The summed E-state index contributed by atoms with van der Waals surface area (Å²) in [6, 6.07) is 0. The van der Waals surface area contributed by atoms with E-state index in [4.69, 9.17) is 0 Å². The Morgan fingerprint density at radius 2 is 2.17 bits per heavy atom. The van der Waals surface area contributed by atoms with Crippen LogP contribution < -0.4 is 0 Å². The molecule has 12 heavy (non-hydrogen) atoms. The van der Waals surface area contributed by atoms with Gasteiger partial charge < -0.3 is 4.57 Å². The average molecular weight is 163 g/mol. The van der Waals surface area contributed by atoms with Gasteiger partial charge in [-0.05, 0) is 0 Å². The van der Waals surface area contributed by atoms with Gasteiger partial charge in [0.2, 0.25) is 0 Å². The van der Waals surface area contributed by atoms with Crippen molar-refractivity contribution in [1.29, 1.82) is 0 Å². The summed E-state index contributed by atoms with van der Waals surface area (Å²) in [6.45, 7) is 0. The predicted molar refractivity (Wildman–Crippen MR) is 43.2 cm³/mol. The third kappa shape index (κ3) is 0.990. The summed E-state index contributed by atoms with van der Waals surface area (Å²) in [5.74, 6) is 0.836. The van der Waals surface area contributed by atoms with Gasteiger partial charge in [-0.15, -0.1) is 10.2 Å². The van der Waals surface area contributed by atoms with Crippen LogP contribution in [0, 0.1) is 0 Å². The van der Waals surface area contributed by atoms with E-state index in [0.29, 0.717) is 0 Å². The molecule has 0 aromatic carbocycles. The van der Waals surface area contributed by atoms with Crippen LogP contribution in [0.5, 0.6) is 0 Å². The highest BCUT2D eigenvalue weighted by Gasteiger charge is 2.04. The van der Waals surface area contributed by atoms with Crippen LogP contribution in [0.25, 0.3) is 11.4 Å². The van der Waals surface area contributed by atoms with E-state index in [2.05, 4.69) is 15.3 Å². The lowest BCUT2D eigenvalue weighted by Gasteiger charge is -1.93. The molecule has 0 bridgehead atoms. The number of hydrogen-bond donors (Lipinski definition) is 0. The molecule has 2 aromatic rings. The summed E-state index contributed by atoms with van der Waals surface area (Å²) >= 11 is 0. The zero-order chi connectivity index (χ0) is 8.55. The molecule has 0 radical (unpaired) electrons. The summed E-state index contributed by atoms with van der Waals surface area (Å²) in [6.07, 6.45) is 5.34. The fourth-order valence-electron chi connectivity index (χ4n) is 1.08. The molecule has 0 aliphatic rings. The minimum Gasteiger partial charge on any atom is -0.317 e. The van der Waals surface area contributed by atoms with E-state index in [9.17, 15) is 0 Å². The summed E-state index contributed by atoms with van der Waals surface area (Å²) in [4.78, 5) is 0. The van der Waals surface area contributed by atoms with Crippen LogP contribution in [0.3, 0.4) is 0 Å². The molecule has 0 amide bonds. The molecule has 0 spiro atoms. The van der Waals surface area contributed by atoms with E-state index < -0.39 is 0 Å². The van der Waals surface area contributed by atoms with Crippen molar-refractivity contribution < 1.29 is 0 Å². The standard InChI is InChI=1S/C7H9N5/c1-11-5-8-10-7(11)6-3-9-12(2)4-6/h3-5H,1-2H3. The Morgan fingerprint density at radius 3 is 2.67 bits per heavy atom. The van der Waals surface area contributed by atoms with Gasteiger partial charge in [-0.1, -0.05) is 0 Å². The third-order valence-corrected chi connectivity index (χ3v) is 1.67. The highest BCUT2D eigenvalue weighted by molar-refractivity contribution is 5.51. The van der Waals surface area contributed by atoms with Gasteiger partial charge in [0.1, 0.15) is 6.33 Å². The maximum Gasteiger partial charge on any atom is 0.166 e. The maximum atomic E-state index is 4.05. The number of rotatable bonds is 1. The molecule has 62 valence electrons. The van der Waals surface area contributed by atoms with Crippen molar-refractivity contribution in [3.05, 3.63) is 18.7 Å². The van der Waals surface area contributed by atoms with Crippen LogP contribution in [-0.4, -0.2) is 24.5 Å². The van der Waals surface area contributed by atoms with E-state index in [1.165, 1.54) is 0 Å². The predicted octanol–water partition coefficient (Wildman–Crippen LogP) is 0.216. The second-order valence-electron chi connectivity index (χ2n) is 2.67. The number of nitrogens with zero attached hydrogens (tertiary/aromatic N) is 5. The van der Waals surface area contributed by atoms with Crippen molar-refractivity contribution in [3.8, 4) is 11.4 Å². The number of aromatic nitrogens is 5. The van der Waals surface area contributed by atoms with Gasteiger partial charge in [-0.2, -0.15) is 5.10 Å². The lowest BCUT2D eigenvalue weighted by Crippen LogP contribution is -1.89. The van der Waals surface area contributed by atoms with Crippen molar-refractivity contribution in [1.82, 2.24) is 24.5 Å². The molecule has 5 heteroatoms. The third-order valence-electron chi connectivity index (χ3n) is 1.67. The molecular formula is C7H9N5. The molecule has 0 atom stereocenters. The van der Waals surface area contributed by atoms with Gasteiger partial charge in [0.15, 0.2) is 5.82 Å². The molecule has 0 unspecified atom stereocenters. The van der Waals surface area contributed by atoms with Gasteiger partial charge in [-0.3, -0.25) is 4.68 Å². The first-order chi connectivity index (χ1) is 5.77. The van der Waals surface area contributed by atoms with E-state index in [-0.39, 0.29) is 0 Å². The molecule has 2 rings (SSSR count). The molecule has 2 heterocycles. The lowest BCUT2D eigenvalue weighted by atomic mass is 10.3. The average Bonchev–Trinajstić information content (AvgIpc) is 2.58. The van der Waals surface area contributed by atoms with Crippen molar-refractivity contribution in [2.45, 2.75) is 0 Å². The molecule has 0 aliphatic heterocycles. The van der Waals surface area contributed by atoms with E-state index in [1.807, 2.05) is 24.9 Å². The lowest BCUT2D eigenvalue weighted by molar-refractivity contribution is 0.767. The van der Waals surface area contributed by atoms with E-state index in [0.717, 1.165) is 11.4 Å². The van der Waals surface area contributed by atoms with Crippen molar-refractivity contribution >= 4 is 0 Å². The topological polar surface area (TPSA) is 48.5 Å². The molecule has 0 saturated carbocycles. The molecule has 5 nitrogen and oxygen atoms in total. The number of aryl methyl sites for hydroxylation is 2. The Balaban J connectivity index is 2.50. The minimum absolute atomic E-state index is 0.836. The summed E-state index contributed by atoms with van der Waals surface area (Å²) in [7, 11) is 3.78. The van der Waals surface area contributed by atoms with Crippen LogP contribution in [0.4, 0.5) is 0 Å². The second-order valence-corrected chi connectivity index (χ2v) is 2.67. The summed E-state index contributed by atoms with van der Waals surface area (Å²) in [5, 5.41) is 11.8. The minimum atomic E-state index is 0.836. The number of hydrogen-bond acceptors (Lipinski definition) is 3. The van der Waals surface area contributed by atoms with Gasteiger partial charge in [0.05, 0.1) is 11.8 Å². The van der Waals surface area contributed by atoms with Crippen molar-refractivity contribution in [2.75, 3.05) is 0 Å². The zero-order valence-corrected chi connectivity index (χ0v) is 6.97. The Labute approximate surface area is 69.7 Å². The Morgan fingerprint density at radius 1 is 1.33 bits per heavy atom. The first-order valence-electron chi connectivity index (χ1n) is 3.60. The SMILES string of the molecule is Cn1cc(-c2nncn2C)cn1. The van der Waals surface area contributed by atoms with Crippen molar-refractivity contribution in [3.63, 3.8) is 0 Å². The largest absolute Gasteiger partial charge is 0.317 e. The fourth-order valence-corrected chi connectivity index (χ4v) is 1.08. The zero-order valence-electron chi connectivity index (χ0n) is 6.97. The molecule has 0 saturated heterocycles. The van der Waals surface area contributed by atoms with E-state index in [1.54, 1.807) is 17.2 Å². The van der Waals surface area contributed by atoms with Gasteiger partial charge in [0.25, 0.3) is 0 Å². The van der Waals surface area contributed by atoms with Crippen LogP contribution in [0.1, 0.15) is 0 Å². The van der Waals surface area contributed by atoms with Crippen LogP contribution in [0.2, 0.25) is 0 Å². The molecular weight excluding hydrogens is 154 g/mol. The quantitative estimate of drug-likeness (QED) is 0.604. The van der Waals surface area contributed by atoms with Crippen LogP contribution >= 0.6 is 0 Å². The van der Waals surface area contributed by atoms with Crippen molar-refractivity contribution in [2.24, 2.45) is 14.1 Å². The van der Waals surface area contributed by atoms with Crippen LogP contribution in [0.15, 0.2) is 18.7 Å².